The van der Waals surface area contributed by atoms with E-state index in [1.165, 1.54) is 0 Å². The van der Waals surface area contributed by atoms with Gasteiger partial charge in [-0.15, -0.1) is 5.10 Å². The minimum Gasteiger partial charge on any atom is -0.365 e. The Hall–Kier alpha value is -1.38. The molecule has 2 rings (SSSR count). The molecule has 0 aliphatic carbocycles. The highest BCUT2D eigenvalue weighted by Crippen LogP contribution is 2.14. The minimum absolute atomic E-state index is 0.853. The number of hydrogen-bond donors (Lipinski definition) is 1. The SMILES string of the molecule is C1=Cc2ccnnc2NC1. The fraction of sp³-hybridized carbons (Fsp3) is 0.143. The quantitative estimate of drug-likeness (QED) is 0.571. The second-order valence-electron chi connectivity index (χ2n) is 2.12. The van der Waals surface area contributed by atoms with Crippen LogP contribution in [0.5, 0.6) is 0 Å². The second-order valence-corrected chi connectivity index (χ2v) is 2.12. The van der Waals surface area contributed by atoms with E-state index >= 15 is 0 Å². The average Bonchev–Trinajstić information content (AvgIpc) is 2.05. The first kappa shape index (κ1) is 5.41. The first-order valence-electron chi connectivity index (χ1n) is 3.19. The van der Waals surface area contributed by atoms with Gasteiger partial charge in [-0.1, -0.05) is 12.2 Å². The Balaban J connectivity index is 2.54. The topological polar surface area (TPSA) is 37.8 Å². The summed E-state index contributed by atoms with van der Waals surface area (Å²) >= 11 is 0. The lowest BCUT2D eigenvalue weighted by molar-refractivity contribution is 1.01. The molecule has 0 radical (unpaired) electrons. The number of fused-ring (bicyclic) bond motifs is 1. The van der Waals surface area contributed by atoms with Crippen LogP contribution in [0.1, 0.15) is 5.56 Å². The molecule has 0 saturated heterocycles. The van der Waals surface area contributed by atoms with Crippen molar-refractivity contribution in [2.24, 2.45) is 0 Å². The van der Waals surface area contributed by atoms with Crippen LogP contribution in [0, 0.1) is 0 Å². The van der Waals surface area contributed by atoms with Gasteiger partial charge in [0.25, 0.3) is 0 Å². The number of anilines is 1. The molecule has 0 amide bonds. The minimum atomic E-state index is 0.853. The summed E-state index contributed by atoms with van der Waals surface area (Å²) in [5.41, 5.74) is 1.11. The Bertz CT molecular complexity index is 267. The molecule has 2 heterocycles. The lowest BCUT2D eigenvalue weighted by Gasteiger charge is -2.08. The molecular formula is C7H7N3. The lowest BCUT2D eigenvalue weighted by atomic mass is 10.2. The molecule has 0 bridgehead atoms. The molecule has 1 aromatic heterocycles. The van der Waals surface area contributed by atoms with E-state index in [9.17, 15) is 0 Å². The Morgan fingerprint density at radius 1 is 1.50 bits per heavy atom. The summed E-state index contributed by atoms with van der Waals surface area (Å²) in [4.78, 5) is 0. The molecule has 50 valence electrons. The molecule has 10 heavy (non-hydrogen) atoms. The fourth-order valence-corrected chi connectivity index (χ4v) is 0.955. The molecule has 0 atom stereocenters. The van der Waals surface area contributed by atoms with Gasteiger partial charge in [0, 0.05) is 12.1 Å². The smallest absolute Gasteiger partial charge is 0.156 e. The van der Waals surface area contributed by atoms with Crippen molar-refractivity contribution >= 4 is 11.9 Å². The van der Waals surface area contributed by atoms with E-state index in [0.717, 1.165) is 17.9 Å². The van der Waals surface area contributed by atoms with Crippen LogP contribution in [0.2, 0.25) is 0 Å². The van der Waals surface area contributed by atoms with Crippen LogP contribution in [-0.4, -0.2) is 16.7 Å². The molecule has 0 aromatic carbocycles. The first-order valence-corrected chi connectivity index (χ1v) is 3.19. The van der Waals surface area contributed by atoms with E-state index in [1.54, 1.807) is 6.20 Å². The standard InChI is InChI=1S/C7H7N3/c1-2-6-3-5-9-10-7(6)8-4-1/h1-3,5H,4H2,(H,8,10). The predicted molar refractivity (Wildman–Crippen MR) is 39.6 cm³/mol. The number of nitrogens with zero attached hydrogens (tertiary/aromatic N) is 2. The van der Waals surface area contributed by atoms with Crippen molar-refractivity contribution in [1.82, 2.24) is 10.2 Å². The summed E-state index contributed by atoms with van der Waals surface area (Å²) in [5, 5.41) is 10.8. The van der Waals surface area contributed by atoms with Crippen molar-refractivity contribution < 1.29 is 0 Å². The van der Waals surface area contributed by atoms with Gasteiger partial charge in [0.2, 0.25) is 0 Å². The molecule has 1 aliphatic rings. The number of aromatic nitrogens is 2. The van der Waals surface area contributed by atoms with Gasteiger partial charge >= 0.3 is 0 Å². The maximum Gasteiger partial charge on any atom is 0.156 e. The monoisotopic (exact) mass is 133 g/mol. The van der Waals surface area contributed by atoms with Crippen LogP contribution in [-0.2, 0) is 0 Å². The normalized spacial score (nSPS) is 14.0. The van der Waals surface area contributed by atoms with Gasteiger partial charge in [-0.2, -0.15) is 5.10 Å². The van der Waals surface area contributed by atoms with Crippen LogP contribution >= 0.6 is 0 Å². The molecule has 1 aliphatic heterocycles. The zero-order chi connectivity index (χ0) is 6.81. The Morgan fingerprint density at radius 3 is 3.40 bits per heavy atom. The Morgan fingerprint density at radius 2 is 2.50 bits per heavy atom. The van der Waals surface area contributed by atoms with E-state index in [0.29, 0.717) is 0 Å². The molecule has 0 spiro atoms. The van der Waals surface area contributed by atoms with Crippen LogP contribution in [0.25, 0.3) is 6.08 Å². The summed E-state index contributed by atoms with van der Waals surface area (Å²) < 4.78 is 0. The summed E-state index contributed by atoms with van der Waals surface area (Å²) in [6.45, 7) is 0.853. The van der Waals surface area contributed by atoms with E-state index in [-0.39, 0.29) is 0 Å². The van der Waals surface area contributed by atoms with Crippen LogP contribution in [0.15, 0.2) is 18.3 Å². The van der Waals surface area contributed by atoms with Gasteiger partial charge in [0.05, 0.1) is 6.20 Å². The third-order valence-corrected chi connectivity index (χ3v) is 1.44. The highest BCUT2D eigenvalue weighted by Gasteiger charge is 2.01. The average molecular weight is 133 g/mol. The van der Waals surface area contributed by atoms with Crippen molar-refractivity contribution in [3.63, 3.8) is 0 Å². The molecule has 0 saturated carbocycles. The molecule has 0 unspecified atom stereocenters. The van der Waals surface area contributed by atoms with Gasteiger partial charge in [0.1, 0.15) is 0 Å². The fourth-order valence-electron chi connectivity index (χ4n) is 0.955. The molecular weight excluding hydrogens is 126 g/mol. The van der Waals surface area contributed by atoms with Crippen molar-refractivity contribution in [2.45, 2.75) is 0 Å². The van der Waals surface area contributed by atoms with Gasteiger partial charge in [-0.05, 0) is 6.07 Å². The predicted octanol–water partition coefficient (Wildman–Crippen LogP) is 0.915. The Labute approximate surface area is 58.8 Å². The van der Waals surface area contributed by atoms with Crippen molar-refractivity contribution in [2.75, 3.05) is 11.9 Å². The maximum atomic E-state index is 3.91. The van der Waals surface area contributed by atoms with Crippen LogP contribution in [0.4, 0.5) is 5.82 Å². The zero-order valence-electron chi connectivity index (χ0n) is 5.41. The molecule has 1 aromatic rings. The third-order valence-electron chi connectivity index (χ3n) is 1.44. The number of hydrogen-bond acceptors (Lipinski definition) is 3. The van der Waals surface area contributed by atoms with Gasteiger partial charge in [-0.25, -0.2) is 0 Å². The van der Waals surface area contributed by atoms with Gasteiger partial charge < -0.3 is 5.32 Å². The van der Waals surface area contributed by atoms with Crippen LogP contribution in [0.3, 0.4) is 0 Å². The first-order chi connectivity index (χ1) is 4.97. The number of rotatable bonds is 0. The lowest BCUT2D eigenvalue weighted by Crippen LogP contribution is -2.06. The largest absolute Gasteiger partial charge is 0.365 e. The van der Waals surface area contributed by atoms with Crippen molar-refractivity contribution in [1.29, 1.82) is 0 Å². The van der Waals surface area contributed by atoms with Crippen molar-refractivity contribution in [3.05, 3.63) is 23.9 Å². The van der Waals surface area contributed by atoms with E-state index < -0.39 is 0 Å². The second kappa shape index (κ2) is 2.10. The highest BCUT2D eigenvalue weighted by atomic mass is 15.2. The third kappa shape index (κ3) is 0.757. The maximum absolute atomic E-state index is 3.91. The zero-order valence-corrected chi connectivity index (χ0v) is 5.41. The molecule has 3 nitrogen and oxygen atoms in total. The number of nitrogens with one attached hydrogen (secondary N) is 1. The van der Waals surface area contributed by atoms with Crippen molar-refractivity contribution in [3.8, 4) is 0 Å². The van der Waals surface area contributed by atoms with E-state index in [4.69, 9.17) is 0 Å². The summed E-state index contributed by atoms with van der Waals surface area (Å²) in [5.74, 6) is 0.880. The highest BCUT2D eigenvalue weighted by molar-refractivity contribution is 5.65. The summed E-state index contributed by atoms with van der Waals surface area (Å²) in [6.07, 6.45) is 5.79. The molecule has 1 N–H and O–H groups in total. The summed E-state index contributed by atoms with van der Waals surface area (Å²) in [6, 6.07) is 1.94. The van der Waals surface area contributed by atoms with Crippen LogP contribution < -0.4 is 5.32 Å². The molecule has 0 fully saturated rings. The van der Waals surface area contributed by atoms with Gasteiger partial charge in [-0.3, -0.25) is 0 Å². The van der Waals surface area contributed by atoms with E-state index in [1.807, 2.05) is 12.1 Å². The Kier molecular flexibility index (Phi) is 1.13. The van der Waals surface area contributed by atoms with E-state index in [2.05, 4.69) is 21.6 Å². The van der Waals surface area contributed by atoms with Gasteiger partial charge in [0.15, 0.2) is 5.82 Å². The summed E-state index contributed by atoms with van der Waals surface area (Å²) in [7, 11) is 0. The molecule has 3 heteroatoms.